The molecular weight excluding hydrogens is 321 g/mol. The molecule has 24 heavy (non-hydrogen) atoms. The highest BCUT2D eigenvalue weighted by Gasteiger charge is 2.36. The molecule has 1 heterocycles. The van der Waals surface area contributed by atoms with E-state index in [0.29, 0.717) is 17.4 Å². The number of benzene rings is 1. The van der Waals surface area contributed by atoms with Gasteiger partial charge in [0.2, 0.25) is 11.8 Å². The van der Waals surface area contributed by atoms with Gasteiger partial charge in [-0.15, -0.1) is 0 Å². The largest absolute Gasteiger partial charge is 0.477 e. The molecule has 0 aliphatic carbocycles. The molecule has 1 N–H and O–H groups in total. The number of halogens is 3. The van der Waals surface area contributed by atoms with Gasteiger partial charge in [-0.1, -0.05) is 13.8 Å². The van der Waals surface area contributed by atoms with E-state index in [1.807, 2.05) is 19.9 Å². The molecule has 5 nitrogen and oxygen atoms in total. The Kier molecular flexibility index (Phi) is 5.24. The average molecular weight is 336 g/mol. The summed E-state index contributed by atoms with van der Waals surface area (Å²) >= 11 is 0. The number of anilines is 2. The van der Waals surface area contributed by atoms with Crippen LogP contribution in [0.4, 0.5) is 24.8 Å². The van der Waals surface area contributed by atoms with E-state index >= 15 is 0 Å². The van der Waals surface area contributed by atoms with Gasteiger partial charge >= 0.3 is 6.18 Å². The first-order chi connectivity index (χ1) is 11.3. The SMILES string of the molecule is CC(C)COc1nc(Nc2ccc(C#N)cc2)ncc1C(F)(F)F. The third-order valence-electron chi connectivity index (χ3n) is 2.88. The number of hydrogen-bond donors (Lipinski definition) is 1. The zero-order chi connectivity index (χ0) is 17.7. The summed E-state index contributed by atoms with van der Waals surface area (Å²) in [5, 5.41) is 11.5. The topological polar surface area (TPSA) is 70.8 Å². The maximum atomic E-state index is 13.0. The fourth-order valence-corrected chi connectivity index (χ4v) is 1.73. The molecule has 0 saturated carbocycles. The first kappa shape index (κ1) is 17.5. The molecular formula is C16H15F3N4O. The maximum Gasteiger partial charge on any atom is 0.423 e. The Hall–Kier alpha value is -2.82. The smallest absolute Gasteiger partial charge is 0.423 e. The van der Waals surface area contributed by atoms with Crippen LogP contribution in [0.15, 0.2) is 30.5 Å². The predicted octanol–water partition coefficient (Wildman–Crippen LogP) is 4.15. The number of nitrogens with zero attached hydrogens (tertiary/aromatic N) is 3. The summed E-state index contributed by atoms with van der Waals surface area (Å²) in [4.78, 5) is 7.50. The van der Waals surface area contributed by atoms with Crippen LogP contribution in [0.2, 0.25) is 0 Å². The van der Waals surface area contributed by atoms with Crippen molar-refractivity contribution in [2.75, 3.05) is 11.9 Å². The molecule has 1 aromatic heterocycles. The fourth-order valence-electron chi connectivity index (χ4n) is 1.73. The van der Waals surface area contributed by atoms with Gasteiger partial charge in [0.1, 0.15) is 5.56 Å². The average Bonchev–Trinajstić information content (AvgIpc) is 2.52. The highest BCUT2D eigenvalue weighted by Crippen LogP contribution is 2.35. The number of aromatic nitrogens is 2. The second-order valence-corrected chi connectivity index (χ2v) is 5.43. The van der Waals surface area contributed by atoms with Gasteiger partial charge in [-0.2, -0.15) is 23.4 Å². The van der Waals surface area contributed by atoms with Crippen molar-refractivity contribution < 1.29 is 17.9 Å². The highest BCUT2D eigenvalue weighted by atomic mass is 19.4. The first-order valence-corrected chi connectivity index (χ1v) is 7.14. The number of ether oxygens (including phenoxy) is 1. The first-order valence-electron chi connectivity index (χ1n) is 7.14. The summed E-state index contributed by atoms with van der Waals surface area (Å²) in [5.74, 6) is -0.482. The van der Waals surface area contributed by atoms with Crippen LogP contribution in [0.3, 0.4) is 0 Å². The minimum absolute atomic E-state index is 0.0218. The predicted molar refractivity (Wildman–Crippen MR) is 81.8 cm³/mol. The molecule has 0 bridgehead atoms. The molecule has 0 amide bonds. The highest BCUT2D eigenvalue weighted by molar-refractivity contribution is 5.55. The fraction of sp³-hybridized carbons (Fsp3) is 0.312. The van der Waals surface area contributed by atoms with Crippen LogP contribution in [0.1, 0.15) is 25.0 Å². The van der Waals surface area contributed by atoms with Gasteiger partial charge < -0.3 is 10.1 Å². The van der Waals surface area contributed by atoms with Crippen LogP contribution in [-0.2, 0) is 6.18 Å². The van der Waals surface area contributed by atoms with E-state index in [-0.39, 0.29) is 18.5 Å². The Balaban J connectivity index is 2.27. The Morgan fingerprint density at radius 1 is 1.25 bits per heavy atom. The van der Waals surface area contributed by atoms with Gasteiger partial charge in [-0.05, 0) is 30.2 Å². The van der Waals surface area contributed by atoms with Crippen LogP contribution in [0, 0.1) is 17.2 Å². The van der Waals surface area contributed by atoms with E-state index in [2.05, 4.69) is 15.3 Å². The molecule has 0 radical (unpaired) electrons. The monoisotopic (exact) mass is 336 g/mol. The second kappa shape index (κ2) is 7.17. The third-order valence-corrected chi connectivity index (χ3v) is 2.88. The molecule has 0 atom stereocenters. The lowest BCUT2D eigenvalue weighted by atomic mass is 10.2. The van der Waals surface area contributed by atoms with Crippen molar-refractivity contribution in [2.24, 2.45) is 5.92 Å². The van der Waals surface area contributed by atoms with Crippen LogP contribution < -0.4 is 10.1 Å². The van der Waals surface area contributed by atoms with Crippen molar-refractivity contribution in [2.45, 2.75) is 20.0 Å². The Bertz CT molecular complexity index is 736. The van der Waals surface area contributed by atoms with E-state index in [1.54, 1.807) is 24.3 Å². The summed E-state index contributed by atoms with van der Waals surface area (Å²) in [6, 6.07) is 8.33. The zero-order valence-electron chi connectivity index (χ0n) is 13.1. The summed E-state index contributed by atoms with van der Waals surface area (Å²) in [7, 11) is 0. The second-order valence-electron chi connectivity index (χ2n) is 5.43. The molecule has 0 aliphatic heterocycles. The van der Waals surface area contributed by atoms with Gasteiger partial charge in [0.05, 0.1) is 18.2 Å². The van der Waals surface area contributed by atoms with E-state index in [1.165, 1.54) is 0 Å². The lowest BCUT2D eigenvalue weighted by Gasteiger charge is -2.15. The molecule has 1 aromatic carbocycles. The van der Waals surface area contributed by atoms with Crippen LogP contribution in [0.25, 0.3) is 0 Å². The van der Waals surface area contributed by atoms with Gasteiger partial charge in [-0.3, -0.25) is 0 Å². The summed E-state index contributed by atoms with van der Waals surface area (Å²) in [6.45, 7) is 3.76. The van der Waals surface area contributed by atoms with Gasteiger partial charge in [-0.25, -0.2) is 4.98 Å². The normalized spacial score (nSPS) is 11.2. The molecule has 0 saturated heterocycles. The number of hydrogen-bond acceptors (Lipinski definition) is 5. The molecule has 2 aromatic rings. The summed E-state index contributed by atoms with van der Waals surface area (Å²) in [6.07, 6.45) is -3.91. The number of nitrogens with one attached hydrogen (secondary N) is 1. The molecule has 126 valence electrons. The lowest BCUT2D eigenvalue weighted by molar-refractivity contribution is -0.139. The number of rotatable bonds is 5. The van der Waals surface area contributed by atoms with Crippen molar-refractivity contribution in [1.29, 1.82) is 5.26 Å². The zero-order valence-corrected chi connectivity index (χ0v) is 13.1. The van der Waals surface area contributed by atoms with E-state index in [0.717, 1.165) is 0 Å². The minimum atomic E-state index is -4.60. The standard InChI is InChI=1S/C16H15F3N4O/c1-10(2)9-24-14-13(16(17,18)19)8-21-15(23-14)22-12-5-3-11(7-20)4-6-12/h3-6,8,10H,9H2,1-2H3,(H,21,22,23). The molecule has 0 spiro atoms. The minimum Gasteiger partial charge on any atom is -0.477 e. The van der Waals surface area contributed by atoms with Gasteiger partial charge in [0.25, 0.3) is 0 Å². The molecule has 2 rings (SSSR count). The summed E-state index contributed by atoms with van der Waals surface area (Å²) < 4.78 is 44.2. The molecule has 0 unspecified atom stereocenters. The van der Waals surface area contributed by atoms with Crippen molar-refractivity contribution in [1.82, 2.24) is 9.97 Å². The van der Waals surface area contributed by atoms with E-state index in [4.69, 9.17) is 10.00 Å². The van der Waals surface area contributed by atoms with Crippen LogP contribution in [-0.4, -0.2) is 16.6 Å². The van der Waals surface area contributed by atoms with Crippen molar-refractivity contribution in [3.8, 4) is 11.9 Å². The summed E-state index contributed by atoms with van der Waals surface area (Å²) in [5.41, 5.74) is -0.00746. The number of alkyl halides is 3. The Labute approximate surface area is 137 Å². The van der Waals surface area contributed by atoms with Crippen molar-refractivity contribution in [3.63, 3.8) is 0 Å². The van der Waals surface area contributed by atoms with Gasteiger partial charge in [0.15, 0.2) is 0 Å². The van der Waals surface area contributed by atoms with Crippen molar-refractivity contribution >= 4 is 11.6 Å². The van der Waals surface area contributed by atoms with E-state index in [9.17, 15) is 13.2 Å². The molecule has 8 heteroatoms. The quantitative estimate of drug-likeness (QED) is 0.888. The molecule has 0 aliphatic rings. The van der Waals surface area contributed by atoms with Crippen LogP contribution >= 0.6 is 0 Å². The Morgan fingerprint density at radius 3 is 2.46 bits per heavy atom. The molecule has 0 fully saturated rings. The van der Waals surface area contributed by atoms with Crippen LogP contribution in [0.5, 0.6) is 5.88 Å². The maximum absolute atomic E-state index is 13.0. The van der Waals surface area contributed by atoms with Crippen molar-refractivity contribution in [3.05, 3.63) is 41.6 Å². The Morgan fingerprint density at radius 2 is 1.92 bits per heavy atom. The number of nitriles is 1. The lowest BCUT2D eigenvalue weighted by Crippen LogP contribution is -2.14. The van der Waals surface area contributed by atoms with Gasteiger partial charge in [0, 0.05) is 11.9 Å². The van der Waals surface area contributed by atoms with E-state index < -0.39 is 17.6 Å². The third kappa shape index (κ3) is 4.59.